The van der Waals surface area contributed by atoms with Gasteiger partial charge in [-0.1, -0.05) is 12.1 Å². The van der Waals surface area contributed by atoms with Gasteiger partial charge in [-0.15, -0.1) is 0 Å². The van der Waals surface area contributed by atoms with Crippen molar-refractivity contribution in [1.29, 1.82) is 0 Å². The molecule has 1 heterocycles. The Hall–Kier alpha value is -0.790. The first-order valence-electron chi connectivity index (χ1n) is 2.24. The molecular weight excluding hydrogens is 90.1 g/mol. The van der Waals surface area contributed by atoms with Crippen LogP contribution < -0.4 is 0 Å². The standard InChI is InChI=1S/C5H6NO/c1-2-5-3-6-7-4-5/h3H,2H2,1H3. The summed E-state index contributed by atoms with van der Waals surface area (Å²) in [5, 5.41) is 3.46. The molecule has 0 fully saturated rings. The molecule has 1 rings (SSSR count). The van der Waals surface area contributed by atoms with E-state index in [2.05, 4.69) is 15.9 Å². The zero-order chi connectivity index (χ0) is 5.11. The van der Waals surface area contributed by atoms with E-state index in [1.54, 1.807) is 6.20 Å². The van der Waals surface area contributed by atoms with Crippen molar-refractivity contribution in [3.8, 4) is 0 Å². The second-order valence-corrected chi connectivity index (χ2v) is 1.31. The Morgan fingerprint density at radius 1 is 2.00 bits per heavy atom. The van der Waals surface area contributed by atoms with Crippen molar-refractivity contribution in [2.24, 2.45) is 0 Å². The first-order valence-corrected chi connectivity index (χ1v) is 2.24. The second-order valence-electron chi connectivity index (χ2n) is 1.31. The largest absolute Gasteiger partial charge is 0.353 e. The van der Waals surface area contributed by atoms with Crippen molar-refractivity contribution in [2.75, 3.05) is 0 Å². The topological polar surface area (TPSA) is 26.0 Å². The fraction of sp³-hybridized carbons (Fsp3) is 0.400. The van der Waals surface area contributed by atoms with E-state index in [-0.39, 0.29) is 0 Å². The summed E-state index contributed by atoms with van der Waals surface area (Å²) < 4.78 is 4.43. The third kappa shape index (κ3) is 0.796. The second kappa shape index (κ2) is 1.78. The quantitative estimate of drug-likeness (QED) is 0.522. The van der Waals surface area contributed by atoms with Crippen molar-refractivity contribution < 1.29 is 4.52 Å². The summed E-state index contributed by atoms with van der Waals surface area (Å²) in [6.45, 7) is 2.03. The smallest absolute Gasteiger partial charge is 0.208 e. The lowest BCUT2D eigenvalue weighted by Gasteiger charge is -1.73. The summed E-state index contributed by atoms with van der Waals surface area (Å²) in [5.41, 5.74) is 1.03. The van der Waals surface area contributed by atoms with E-state index in [4.69, 9.17) is 0 Å². The Kier molecular flexibility index (Phi) is 1.11. The first kappa shape index (κ1) is 4.37. The highest BCUT2D eigenvalue weighted by Gasteiger charge is 1.87. The molecule has 0 aromatic carbocycles. The molecule has 0 aliphatic rings. The first-order chi connectivity index (χ1) is 3.43. The molecular formula is C5H6NO. The number of hydrogen-bond donors (Lipinski definition) is 0. The Balaban J connectivity index is 2.76. The monoisotopic (exact) mass is 96.0 g/mol. The minimum atomic E-state index is 0.948. The maximum atomic E-state index is 4.43. The van der Waals surface area contributed by atoms with Crippen LogP contribution in [-0.2, 0) is 6.42 Å². The van der Waals surface area contributed by atoms with E-state index in [9.17, 15) is 0 Å². The number of aromatic nitrogens is 1. The van der Waals surface area contributed by atoms with Gasteiger partial charge in [0.25, 0.3) is 0 Å². The van der Waals surface area contributed by atoms with Gasteiger partial charge >= 0.3 is 0 Å². The van der Waals surface area contributed by atoms with E-state index >= 15 is 0 Å². The predicted octanol–water partition coefficient (Wildman–Crippen LogP) is 1.04. The molecule has 0 aliphatic carbocycles. The fourth-order valence-corrected chi connectivity index (χ4v) is 0.365. The van der Waals surface area contributed by atoms with Crippen LogP contribution in [0.3, 0.4) is 0 Å². The molecule has 0 amide bonds. The lowest BCUT2D eigenvalue weighted by molar-refractivity contribution is 0.412. The minimum absolute atomic E-state index is 0.948. The highest BCUT2D eigenvalue weighted by Crippen LogP contribution is 1.93. The summed E-state index contributed by atoms with van der Waals surface area (Å²) in [4.78, 5) is 0. The Morgan fingerprint density at radius 3 is 3.14 bits per heavy atom. The summed E-state index contributed by atoms with van der Waals surface area (Å²) >= 11 is 0. The highest BCUT2D eigenvalue weighted by atomic mass is 16.5. The molecule has 1 radical (unpaired) electrons. The molecule has 0 unspecified atom stereocenters. The van der Waals surface area contributed by atoms with Crippen LogP contribution in [0, 0.1) is 6.26 Å². The van der Waals surface area contributed by atoms with Gasteiger partial charge in [0.05, 0.1) is 6.20 Å². The lowest BCUT2D eigenvalue weighted by Crippen LogP contribution is -1.68. The Morgan fingerprint density at radius 2 is 2.86 bits per heavy atom. The molecule has 2 nitrogen and oxygen atoms in total. The molecule has 2 heteroatoms. The van der Waals surface area contributed by atoms with Gasteiger partial charge in [0.2, 0.25) is 6.26 Å². The van der Waals surface area contributed by atoms with Crippen molar-refractivity contribution in [3.05, 3.63) is 18.0 Å². The van der Waals surface area contributed by atoms with Gasteiger partial charge in [-0.3, -0.25) is 0 Å². The molecule has 0 atom stereocenters. The maximum Gasteiger partial charge on any atom is 0.208 e. The molecule has 0 saturated carbocycles. The van der Waals surface area contributed by atoms with Crippen LogP contribution in [0.5, 0.6) is 0 Å². The van der Waals surface area contributed by atoms with E-state index in [0.29, 0.717) is 0 Å². The zero-order valence-electron chi connectivity index (χ0n) is 4.14. The predicted molar refractivity (Wildman–Crippen MR) is 24.7 cm³/mol. The molecule has 0 aliphatic heterocycles. The third-order valence-corrected chi connectivity index (χ3v) is 0.819. The molecule has 0 N–H and O–H groups in total. The van der Waals surface area contributed by atoms with Crippen molar-refractivity contribution >= 4 is 0 Å². The number of rotatable bonds is 1. The Bertz CT molecular complexity index is 123. The van der Waals surface area contributed by atoms with Crippen molar-refractivity contribution in [2.45, 2.75) is 13.3 Å². The summed E-state index contributed by atoms with van der Waals surface area (Å²) in [7, 11) is 0. The van der Waals surface area contributed by atoms with Crippen LogP contribution in [0.4, 0.5) is 0 Å². The minimum Gasteiger partial charge on any atom is -0.353 e. The average Bonchev–Trinajstić information content (AvgIpc) is 2.14. The molecule has 7 heavy (non-hydrogen) atoms. The van der Waals surface area contributed by atoms with Gasteiger partial charge in [0.1, 0.15) is 0 Å². The van der Waals surface area contributed by atoms with Crippen LogP contribution in [-0.4, -0.2) is 5.16 Å². The van der Waals surface area contributed by atoms with Crippen LogP contribution in [0.1, 0.15) is 12.5 Å². The molecule has 0 bridgehead atoms. The number of aryl methyl sites for hydroxylation is 1. The molecule has 0 spiro atoms. The zero-order valence-corrected chi connectivity index (χ0v) is 4.14. The third-order valence-electron chi connectivity index (χ3n) is 0.819. The Labute approximate surface area is 42.1 Å². The summed E-state index contributed by atoms with van der Waals surface area (Å²) in [5.74, 6) is 0. The highest BCUT2D eigenvalue weighted by molar-refractivity contribution is 4.96. The molecule has 1 aromatic rings. The number of hydrogen-bond acceptors (Lipinski definition) is 2. The van der Waals surface area contributed by atoms with Gasteiger partial charge in [-0.2, -0.15) is 0 Å². The summed E-state index contributed by atoms with van der Waals surface area (Å²) in [6, 6.07) is 0. The van der Waals surface area contributed by atoms with Crippen LogP contribution in [0.25, 0.3) is 0 Å². The molecule has 37 valence electrons. The van der Waals surface area contributed by atoms with Crippen LogP contribution in [0.2, 0.25) is 0 Å². The number of nitrogens with zero attached hydrogens (tertiary/aromatic N) is 1. The maximum absolute atomic E-state index is 4.43. The lowest BCUT2D eigenvalue weighted by atomic mass is 10.3. The van der Waals surface area contributed by atoms with E-state index in [0.717, 1.165) is 12.0 Å². The molecule has 0 saturated heterocycles. The van der Waals surface area contributed by atoms with Crippen molar-refractivity contribution in [1.82, 2.24) is 5.16 Å². The van der Waals surface area contributed by atoms with Gasteiger partial charge in [0.15, 0.2) is 0 Å². The van der Waals surface area contributed by atoms with Gasteiger partial charge in [-0.05, 0) is 6.42 Å². The van der Waals surface area contributed by atoms with Crippen LogP contribution in [0.15, 0.2) is 10.7 Å². The van der Waals surface area contributed by atoms with Gasteiger partial charge < -0.3 is 4.52 Å². The molecule has 1 aromatic heterocycles. The SMILES string of the molecule is CCc1[c]onc1. The fourth-order valence-electron chi connectivity index (χ4n) is 0.365. The summed E-state index contributed by atoms with van der Waals surface area (Å²) in [6.07, 6.45) is 5.22. The van der Waals surface area contributed by atoms with Crippen LogP contribution >= 0.6 is 0 Å². The van der Waals surface area contributed by atoms with E-state index < -0.39 is 0 Å². The van der Waals surface area contributed by atoms with Crippen molar-refractivity contribution in [3.63, 3.8) is 0 Å². The van der Waals surface area contributed by atoms with E-state index in [1.807, 2.05) is 6.92 Å². The average molecular weight is 96.1 g/mol. The van der Waals surface area contributed by atoms with Gasteiger partial charge in [0, 0.05) is 5.56 Å². The normalized spacial score (nSPS) is 9.29. The van der Waals surface area contributed by atoms with E-state index in [1.165, 1.54) is 0 Å². The van der Waals surface area contributed by atoms with Gasteiger partial charge in [-0.25, -0.2) is 0 Å².